The summed E-state index contributed by atoms with van der Waals surface area (Å²) in [4.78, 5) is 0. The molecule has 2 unspecified atom stereocenters. The van der Waals surface area contributed by atoms with Gasteiger partial charge >= 0.3 is 0 Å². The Kier molecular flexibility index (Phi) is 1.36. The van der Waals surface area contributed by atoms with Crippen LogP contribution >= 0.6 is 0 Å². The Morgan fingerprint density at radius 2 is 2.18 bits per heavy atom. The predicted molar refractivity (Wildman–Crippen MR) is 41.2 cm³/mol. The molecule has 1 saturated heterocycles. The molecule has 0 amide bonds. The third-order valence-corrected chi connectivity index (χ3v) is 4.38. The zero-order chi connectivity index (χ0) is 8.11. The van der Waals surface area contributed by atoms with E-state index in [2.05, 4.69) is 0 Å². The maximum Gasteiger partial charge on any atom is 0.153 e. The molecule has 2 rings (SSSR count). The van der Waals surface area contributed by atoms with Crippen molar-refractivity contribution in [3.63, 3.8) is 0 Å². The van der Waals surface area contributed by atoms with Gasteiger partial charge in [-0.1, -0.05) is 0 Å². The van der Waals surface area contributed by atoms with Crippen LogP contribution in [0.2, 0.25) is 0 Å². The highest BCUT2D eigenvalue weighted by molar-refractivity contribution is 7.91. The third kappa shape index (κ3) is 1.08. The summed E-state index contributed by atoms with van der Waals surface area (Å²) in [5, 5.41) is -0.213. The molecule has 0 aromatic rings. The first kappa shape index (κ1) is 7.55. The van der Waals surface area contributed by atoms with Crippen LogP contribution in [0.1, 0.15) is 19.3 Å². The highest BCUT2D eigenvalue weighted by Crippen LogP contribution is 2.46. The summed E-state index contributed by atoms with van der Waals surface area (Å²) in [6.07, 6.45) is 4.04. The maximum atomic E-state index is 11.2. The van der Waals surface area contributed by atoms with E-state index in [0.29, 0.717) is 6.61 Å². The van der Waals surface area contributed by atoms with Gasteiger partial charge in [-0.25, -0.2) is 8.42 Å². The lowest BCUT2D eigenvalue weighted by atomic mass is 10.1. The van der Waals surface area contributed by atoms with E-state index in [1.807, 2.05) is 0 Å². The lowest BCUT2D eigenvalue weighted by Crippen LogP contribution is -2.31. The number of rotatable bonds is 1. The Bertz CT molecular complexity index is 263. The normalized spacial score (nSPS) is 43.2. The molecule has 11 heavy (non-hydrogen) atoms. The van der Waals surface area contributed by atoms with Crippen molar-refractivity contribution in [3.8, 4) is 0 Å². The Balaban J connectivity index is 2.27. The zero-order valence-corrected chi connectivity index (χ0v) is 7.36. The van der Waals surface area contributed by atoms with E-state index in [0.717, 1.165) is 19.3 Å². The third-order valence-electron chi connectivity index (χ3n) is 2.69. The van der Waals surface area contributed by atoms with E-state index < -0.39 is 9.84 Å². The van der Waals surface area contributed by atoms with E-state index in [-0.39, 0.29) is 10.9 Å². The summed E-state index contributed by atoms with van der Waals surface area (Å²) < 4.78 is 27.6. The minimum absolute atomic E-state index is 0.213. The van der Waals surface area contributed by atoms with Crippen molar-refractivity contribution in [1.82, 2.24) is 0 Å². The molecule has 2 atom stereocenters. The zero-order valence-electron chi connectivity index (χ0n) is 6.54. The van der Waals surface area contributed by atoms with Crippen molar-refractivity contribution in [2.45, 2.75) is 30.1 Å². The molecule has 0 bridgehead atoms. The van der Waals surface area contributed by atoms with Crippen LogP contribution in [0.15, 0.2) is 0 Å². The van der Waals surface area contributed by atoms with Gasteiger partial charge in [0.2, 0.25) is 0 Å². The van der Waals surface area contributed by atoms with E-state index in [9.17, 15) is 8.42 Å². The summed E-state index contributed by atoms with van der Waals surface area (Å²) in [6, 6.07) is 0. The Hall–Kier alpha value is -0.0900. The second kappa shape index (κ2) is 1.98. The van der Waals surface area contributed by atoms with Gasteiger partial charge in [0.15, 0.2) is 9.84 Å². The standard InChI is InChI=1S/C7H12O3S/c1-11(8,9)6-3-2-4-7(6)5-10-7/h6H,2-5H2,1H3. The largest absolute Gasteiger partial charge is 0.368 e. The first-order valence-electron chi connectivity index (χ1n) is 3.87. The van der Waals surface area contributed by atoms with Crippen LogP contribution in [0.5, 0.6) is 0 Å². The Morgan fingerprint density at radius 3 is 2.55 bits per heavy atom. The number of sulfone groups is 1. The topological polar surface area (TPSA) is 46.7 Å². The summed E-state index contributed by atoms with van der Waals surface area (Å²) in [5.41, 5.74) is -0.242. The fraction of sp³-hybridized carbons (Fsp3) is 1.00. The van der Waals surface area contributed by atoms with Crippen LogP contribution in [-0.2, 0) is 14.6 Å². The van der Waals surface area contributed by atoms with Crippen LogP contribution in [0.3, 0.4) is 0 Å². The minimum Gasteiger partial charge on any atom is -0.368 e. The van der Waals surface area contributed by atoms with Crippen LogP contribution < -0.4 is 0 Å². The Morgan fingerprint density at radius 1 is 1.55 bits per heavy atom. The van der Waals surface area contributed by atoms with Gasteiger partial charge in [0.1, 0.15) is 5.60 Å². The molecule has 1 spiro atoms. The summed E-state index contributed by atoms with van der Waals surface area (Å²) in [7, 11) is -2.87. The molecule has 1 saturated carbocycles. The number of ether oxygens (including phenoxy) is 1. The monoisotopic (exact) mass is 176 g/mol. The number of epoxide rings is 1. The highest BCUT2D eigenvalue weighted by atomic mass is 32.2. The van der Waals surface area contributed by atoms with Crippen molar-refractivity contribution < 1.29 is 13.2 Å². The van der Waals surface area contributed by atoms with Gasteiger partial charge in [-0.3, -0.25) is 0 Å². The lowest BCUT2D eigenvalue weighted by molar-refractivity contribution is 0.310. The summed E-state index contributed by atoms with van der Waals surface area (Å²) in [6.45, 7) is 0.657. The molecule has 3 nitrogen and oxygen atoms in total. The number of hydrogen-bond acceptors (Lipinski definition) is 3. The average Bonchev–Trinajstić information content (AvgIpc) is 2.38. The minimum atomic E-state index is -2.87. The van der Waals surface area contributed by atoms with E-state index >= 15 is 0 Å². The molecule has 1 aliphatic heterocycles. The molecule has 0 radical (unpaired) electrons. The summed E-state index contributed by atoms with van der Waals surface area (Å²) in [5.74, 6) is 0. The quantitative estimate of drug-likeness (QED) is 0.542. The molecule has 64 valence electrons. The van der Waals surface area contributed by atoms with Crippen molar-refractivity contribution in [2.24, 2.45) is 0 Å². The van der Waals surface area contributed by atoms with Crippen LogP contribution in [0, 0.1) is 0 Å². The van der Waals surface area contributed by atoms with Gasteiger partial charge in [0.25, 0.3) is 0 Å². The fourth-order valence-corrected chi connectivity index (χ4v) is 3.67. The average molecular weight is 176 g/mol. The summed E-state index contributed by atoms with van der Waals surface area (Å²) >= 11 is 0. The van der Waals surface area contributed by atoms with Gasteiger partial charge in [-0.05, 0) is 19.3 Å². The van der Waals surface area contributed by atoms with Crippen molar-refractivity contribution in [1.29, 1.82) is 0 Å². The fourth-order valence-electron chi connectivity index (χ4n) is 2.04. The maximum absolute atomic E-state index is 11.2. The first-order valence-corrected chi connectivity index (χ1v) is 5.83. The second-order valence-electron chi connectivity index (χ2n) is 3.56. The van der Waals surface area contributed by atoms with Gasteiger partial charge < -0.3 is 4.74 Å². The van der Waals surface area contributed by atoms with Gasteiger partial charge in [0, 0.05) is 6.26 Å². The second-order valence-corrected chi connectivity index (χ2v) is 5.79. The van der Waals surface area contributed by atoms with E-state index in [1.54, 1.807) is 0 Å². The van der Waals surface area contributed by atoms with Gasteiger partial charge in [0.05, 0.1) is 11.9 Å². The van der Waals surface area contributed by atoms with Crippen LogP contribution in [-0.4, -0.2) is 32.1 Å². The van der Waals surface area contributed by atoms with Crippen molar-refractivity contribution in [3.05, 3.63) is 0 Å². The van der Waals surface area contributed by atoms with Gasteiger partial charge in [-0.2, -0.15) is 0 Å². The molecule has 4 heteroatoms. The molecular formula is C7H12O3S. The van der Waals surface area contributed by atoms with Crippen LogP contribution in [0.4, 0.5) is 0 Å². The molecule has 1 heterocycles. The molecular weight excluding hydrogens is 164 g/mol. The van der Waals surface area contributed by atoms with E-state index in [4.69, 9.17) is 4.74 Å². The Labute approximate surface area is 66.7 Å². The molecule has 1 aliphatic carbocycles. The van der Waals surface area contributed by atoms with Crippen molar-refractivity contribution >= 4 is 9.84 Å². The molecule has 2 aliphatic rings. The first-order chi connectivity index (χ1) is 5.05. The highest BCUT2D eigenvalue weighted by Gasteiger charge is 2.58. The number of hydrogen-bond donors (Lipinski definition) is 0. The lowest BCUT2D eigenvalue weighted by Gasteiger charge is -2.11. The molecule has 0 N–H and O–H groups in total. The van der Waals surface area contributed by atoms with E-state index in [1.165, 1.54) is 6.26 Å². The van der Waals surface area contributed by atoms with Gasteiger partial charge in [-0.15, -0.1) is 0 Å². The smallest absolute Gasteiger partial charge is 0.153 e. The molecule has 0 aromatic heterocycles. The SMILES string of the molecule is CS(=O)(=O)C1CCCC12CO2. The van der Waals surface area contributed by atoms with Crippen molar-refractivity contribution in [2.75, 3.05) is 12.9 Å². The molecule has 0 aromatic carbocycles. The molecule has 2 fully saturated rings. The van der Waals surface area contributed by atoms with Crippen LogP contribution in [0.25, 0.3) is 0 Å². The predicted octanol–water partition coefficient (Wildman–Crippen LogP) is 0.353.